The van der Waals surface area contributed by atoms with Crippen LogP contribution in [0.3, 0.4) is 0 Å². The van der Waals surface area contributed by atoms with E-state index in [4.69, 9.17) is 8.85 Å². The molecular weight excluding hydrogens is 212 g/mol. The minimum atomic E-state index is -1.34. The van der Waals surface area contributed by atoms with Gasteiger partial charge >= 0.3 is 9.28 Å². The Hall–Kier alpha value is -0.0331. The Labute approximate surface area is 95.3 Å². The molecule has 14 heavy (non-hydrogen) atoms. The molecule has 0 aliphatic heterocycles. The smallest absolute Gasteiger partial charge is 0.321 e. The third-order valence-electron chi connectivity index (χ3n) is 1.63. The Morgan fingerprint density at radius 3 is 1.93 bits per heavy atom. The van der Waals surface area contributed by atoms with Crippen molar-refractivity contribution in [1.29, 1.82) is 0 Å². The van der Waals surface area contributed by atoms with Crippen LogP contribution in [0.5, 0.6) is 0 Å². The van der Waals surface area contributed by atoms with Crippen molar-refractivity contribution in [2.24, 2.45) is 0 Å². The van der Waals surface area contributed by atoms with Crippen molar-refractivity contribution in [3.8, 4) is 0 Å². The summed E-state index contributed by atoms with van der Waals surface area (Å²) in [7, 11) is 2.07. The van der Waals surface area contributed by atoms with Crippen LogP contribution in [0.25, 0.3) is 0 Å². The summed E-state index contributed by atoms with van der Waals surface area (Å²) < 4.78 is 10.3. The third kappa shape index (κ3) is 12.0. The molecule has 0 amide bonds. The number of hydrogen-bond donors (Lipinski definition) is 1. The molecule has 2 nitrogen and oxygen atoms in total. The van der Waals surface area contributed by atoms with Gasteiger partial charge in [0.05, 0.1) is 0 Å². The third-order valence-corrected chi connectivity index (χ3v) is 4.61. The zero-order chi connectivity index (χ0) is 11.4. The van der Waals surface area contributed by atoms with Crippen LogP contribution in [0.2, 0.25) is 6.04 Å². The predicted octanol–water partition coefficient (Wildman–Crippen LogP) is 2.57. The molecule has 0 aromatic carbocycles. The fourth-order valence-electron chi connectivity index (χ4n) is 0.677. The van der Waals surface area contributed by atoms with Crippen LogP contribution in [-0.2, 0) is 8.85 Å². The average Bonchev–Trinajstić information content (AvgIpc) is 2.25. The first-order chi connectivity index (χ1) is 6.65. The molecule has 0 aliphatic carbocycles. The normalized spacial score (nSPS) is 11.5. The molecule has 0 radical (unpaired) electrons. The highest BCUT2D eigenvalue weighted by atomic mass is 32.1. The van der Waals surface area contributed by atoms with Gasteiger partial charge in [0.1, 0.15) is 0 Å². The first-order valence-corrected chi connectivity index (χ1v) is 6.90. The lowest BCUT2D eigenvalue weighted by molar-refractivity contribution is 0.277. The summed E-state index contributed by atoms with van der Waals surface area (Å²) in [5.74, 6) is 0. The van der Waals surface area contributed by atoms with Crippen molar-refractivity contribution in [3.63, 3.8) is 0 Å². The van der Waals surface area contributed by atoms with Crippen molar-refractivity contribution < 1.29 is 8.85 Å². The van der Waals surface area contributed by atoms with Crippen molar-refractivity contribution in [3.05, 3.63) is 25.3 Å². The Morgan fingerprint density at radius 1 is 1.29 bits per heavy atom. The van der Waals surface area contributed by atoms with E-state index in [0.29, 0.717) is 5.25 Å². The second-order valence-electron chi connectivity index (χ2n) is 2.67. The highest BCUT2D eigenvalue weighted by Gasteiger charge is 2.13. The fourth-order valence-corrected chi connectivity index (χ4v) is 2.55. The molecule has 0 aromatic rings. The largest absolute Gasteiger partial charge is 0.400 e. The number of allylic oxidation sites excluding steroid dienone is 2. The summed E-state index contributed by atoms with van der Waals surface area (Å²) in [6.07, 6.45) is 4.36. The molecule has 1 atom stereocenters. The van der Waals surface area contributed by atoms with Gasteiger partial charge in [-0.2, -0.15) is 12.6 Å². The lowest BCUT2D eigenvalue weighted by atomic mass is 10.4. The summed E-state index contributed by atoms with van der Waals surface area (Å²) in [5, 5.41) is 0.441. The number of hydrogen-bond acceptors (Lipinski definition) is 3. The molecule has 0 aliphatic rings. The number of rotatable bonds is 6. The van der Waals surface area contributed by atoms with Crippen LogP contribution in [-0.4, -0.2) is 28.8 Å². The van der Waals surface area contributed by atoms with Crippen molar-refractivity contribution >= 4 is 21.9 Å². The molecule has 0 saturated carbocycles. The quantitative estimate of drug-likeness (QED) is 0.432. The zero-order valence-corrected chi connectivity index (χ0v) is 11.5. The lowest BCUT2D eigenvalue weighted by Crippen LogP contribution is -2.22. The van der Waals surface area contributed by atoms with E-state index in [0.717, 1.165) is 12.5 Å². The zero-order valence-electron chi connectivity index (χ0n) is 9.40. The van der Waals surface area contributed by atoms with E-state index in [9.17, 15) is 0 Å². The van der Waals surface area contributed by atoms with Gasteiger partial charge in [-0.3, -0.25) is 0 Å². The molecule has 0 N–H and O–H groups in total. The van der Waals surface area contributed by atoms with Crippen LogP contribution in [0, 0.1) is 0 Å². The molecule has 0 aromatic heterocycles. The topological polar surface area (TPSA) is 18.5 Å². The van der Waals surface area contributed by atoms with Crippen molar-refractivity contribution in [1.82, 2.24) is 0 Å². The second-order valence-corrected chi connectivity index (χ2v) is 5.67. The molecule has 84 valence electrons. The summed E-state index contributed by atoms with van der Waals surface area (Å²) in [6.45, 7) is 8.84. The molecule has 4 heteroatoms. The Morgan fingerprint density at radius 2 is 1.71 bits per heavy atom. The van der Waals surface area contributed by atoms with Crippen molar-refractivity contribution in [2.45, 2.75) is 24.6 Å². The molecule has 0 rings (SSSR count). The minimum Gasteiger partial charge on any atom is -0.400 e. The minimum absolute atomic E-state index is 0.441. The van der Waals surface area contributed by atoms with Gasteiger partial charge in [0.15, 0.2) is 0 Å². The Balaban J connectivity index is 0. The van der Waals surface area contributed by atoms with Gasteiger partial charge in [0, 0.05) is 19.5 Å². The van der Waals surface area contributed by atoms with E-state index >= 15 is 0 Å². The van der Waals surface area contributed by atoms with Crippen molar-refractivity contribution in [2.75, 3.05) is 14.2 Å². The number of thiol groups is 1. The van der Waals surface area contributed by atoms with Gasteiger partial charge in [-0.15, -0.1) is 0 Å². The molecule has 0 saturated heterocycles. The maximum Gasteiger partial charge on any atom is 0.321 e. The molecule has 1 unspecified atom stereocenters. The SMILES string of the molecule is C=CC=C.CCC(S)C[SiH](OC)OC. The van der Waals surface area contributed by atoms with Crippen LogP contribution >= 0.6 is 12.6 Å². The Kier molecular flexibility index (Phi) is 15.2. The second kappa shape index (κ2) is 13.0. The highest BCUT2D eigenvalue weighted by Crippen LogP contribution is 2.09. The fraction of sp³-hybridized carbons (Fsp3) is 0.600. The van der Waals surface area contributed by atoms with E-state index in [2.05, 4.69) is 32.7 Å². The standard InChI is InChI=1S/C6H16O2SSi.C4H6/c1-4-6(9)5-10(7-2)8-3;1-3-4-2/h6,9-10H,4-5H2,1-3H3;3-4H,1-2H2. The summed E-state index contributed by atoms with van der Waals surface area (Å²) in [5.41, 5.74) is 0. The highest BCUT2D eigenvalue weighted by molar-refractivity contribution is 7.81. The predicted molar refractivity (Wildman–Crippen MR) is 69.4 cm³/mol. The molecule has 0 bridgehead atoms. The average molecular weight is 234 g/mol. The van der Waals surface area contributed by atoms with E-state index in [1.807, 2.05) is 0 Å². The molecular formula is C10H22O2SSi. The monoisotopic (exact) mass is 234 g/mol. The van der Waals surface area contributed by atoms with Crippen LogP contribution in [0.15, 0.2) is 25.3 Å². The van der Waals surface area contributed by atoms with Crippen LogP contribution in [0.1, 0.15) is 13.3 Å². The van der Waals surface area contributed by atoms with Gasteiger partial charge in [0.25, 0.3) is 0 Å². The summed E-state index contributed by atoms with van der Waals surface area (Å²) in [4.78, 5) is 0. The maximum atomic E-state index is 5.14. The summed E-state index contributed by atoms with van der Waals surface area (Å²) >= 11 is 4.35. The Bertz CT molecular complexity index is 132. The van der Waals surface area contributed by atoms with Gasteiger partial charge in [-0.25, -0.2) is 0 Å². The van der Waals surface area contributed by atoms with Crippen LogP contribution in [0.4, 0.5) is 0 Å². The van der Waals surface area contributed by atoms with Gasteiger partial charge in [-0.1, -0.05) is 32.2 Å². The van der Waals surface area contributed by atoms with E-state index in [1.54, 1.807) is 26.4 Å². The first-order valence-electron chi connectivity index (χ1n) is 4.63. The molecule has 0 fully saturated rings. The van der Waals surface area contributed by atoms with Gasteiger partial charge in [0.2, 0.25) is 0 Å². The molecule has 0 heterocycles. The maximum absolute atomic E-state index is 5.14. The van der Waals surface area contributed by atoms with E-state index in [-0.39, 0.29) is 0 Å². The van der Waals surface area contributed by atoms with Gasteiger partial charge < -0.3 is 8.85 Å². The van der Waals surface area contributed by atoms with Gasteiger partial charge in [-0.05, 0) is 12.5 Å². The van der Waals surface area contributed by atoms with E-state index in [1.165, 1.54) is 0 Å². The first kappa shape index (κ1) is 16.4. The van der Waals surface area contributed by atoms with E-state index < -0.39 is 9.28 Å². The lowest BCUT2D eigenvalue weighted by Gasteiger charge is -2.13. The van der Waals surface area contributed by atoms with Crippen LogP contribution < -0.4 is 0 Å². The summed E-state index contributed by atoms with van der Waals surface area (Å²) in [6, 6.07) is 0.993. The molecule has 0 spiro atoms.